The molecule has 0 aliphatic heterocycles. The highest BCUT2D eigenvalue weighted by Crippen LogP contribution is 2.03. The van der Waals surface area contributed by atoms with Crippen molar-refractivity contribution in [3.05, 3.63) is 24.3 Å². The summed E-state index contributed by atoms with van der Waals surface area (Å²) < 4.78 is 0. The van der Waals surface area contributed by atoms with Crippen LogP contribution in [-0.2, 0) is 9.59 Å². The van der Waals surface area contributed by atoms with E-state index in [1.165, 1.54) is 0 Å². The molecule has 0 fully saturated rings. The summed E-state index contributed by atoms with van der Waals surface area (Å²) in [5, 5.41) is 8.31. The second kappa shape index (κ2) is 8.99. The number of aliphatic carboxylic acids is 1. The van der Waals surface area contributed by atoms with Crippen molar-refractivity contribution >= 4 is 11.9 Å². The molecule has 15 heavy (non-hydrogen) atoms. The molecule has 86 valence electrons. The number of unbranched alkanes of at least 4 members (excludes halogenated alkanes) is 1. The van der Waals surface area contributed by atoms with Gasteiger partial charge >= 0.3 is 5.97 Å². The summed E-state index contributed by atoms with van der Waals surface area (Å²) in [4.78, 5) is 19.9. The Bertz CT molecular complexity index is 245. The van der Waals surface area contributed by atoms with Gasteiger partial charge in [-0.25, -0.2) is 4.79 Å². The summed E-state index contributed by atoms with van der Waals surface area (Å²) in [5.41, 5.74) is 5.41. The first-order chi connectivity index (χ1) is 6.82. The van der Waals surface area contributed by atoms with Gasteiger partial charge in [-0.3, -0.25) is 4.79 Å². The molecule has 4 nitrogen and oxygen atoms in total. The molecule has 0 rings (SSSR count). The highest BCUT2D eigenvalue weighted by molar-refractivity contribution is 5.90. The average molecular weight is 213 g/mol. The summed E-state index contributed by atoms with van der Waals surface area (Å²) in [7, 11) is 0. The van der Waals surface area contributed by atoms with E-state index in [9.17, 15) is 9.59 Å². The molecule has 0 aromatic rings. The van der Waals surface area contributed by atoms with Gasteiger partial charge in [-0.2, -0.15) is 0 Å². The lowest BCUT2D eigenvalue weighted by Crippen LogP contribution is -2.10. The highest BCUT2D eigenvalue weighted by Gasteiger charge is 2.00. The number of amides is 1. The molecule has 1 amide bonds. The number of hydrogen-bond donors (Lipinski definition) is 2. The topological polar surface area (TPSA) is 80.4 Å². The van der Waals surface area contributed by atoms with Crippen LogP contribution in [0.3, 0.4) is 0 Å². The molecule has 0 unspecified atom stereocenters. The lowest BCUT2D eigenvalue weighted by Gasteiger charge is -1.95. The van der Waals surface area contributed by atoms with Gasteiger partial charge in [0.2, 0.25) is 5.91 Å². The molecular formula is C11H19NO3. The van der Waals surface area contributed by atoms with E-state index >= 15 is 0 Å². The van der Waals surface area contributed by atoms with Crippen molar-refractivity contribution in [2.75, 3.05) is 0 Å². The van der Waals surface area contributed by atoms with Crippen LogP contribution < -0.4 is 5.73 Å². The Morgan fingerprint density at radius 3 is 1.93 bits per heavy atom. The fraction of sp³-hybridized carbons (Fsp3) is 0.455. The van der Waals surface area contributed by atoms with Crippen LogP contribution in [0.2, 0.25) is 0 Å². The molecule has 0 atom stereocenters. The maximum absolute atomic E-state index is 10.1. The molecule has 0 saturated heterocycles. The Balaban J connectivity index is 0. The second-order valence-electron chi connectivity index (χ2n) is 3.16. The molecule has 0 bridgehead atoms. The second-order valence-corrected chi connectivity index (χ2v) is 3.16. The van der Waals surface area contributed by atoms with Gasteiger partial charge in [-0.05, 0) is 19.8 Å². The van der Waals surface area contributed by atoms with Crippen LogP contribution >= 0.6 is 0 Å². The molecule has 0 spiro atoms. The number of carbonyl (C=O) groups is 2. The van der Waals surface area contributed by atoms with E-state index in [-0.39, 0.29) is 0 Å². The third-order valence-electron chi connectivity index (χ3n) is 1.56. The van der Waals surface area contributed by atoms with Crippen molar-refractivity contribution in [2.24, 2.45) is 5.73 Å². The maximum Gasteiger partial charge on any atom is 0.330 e. The van der Waals surface area contributed by atoms with Crippen molar-refractivity contribution in [1.82, 2.24) is 0 Å². The number of rotatable bonds is 5. The van der Waals surface area contributed by atoms with Crippen molar-refractivity contribution < 1.29 is 14.7 Å². The zero-order chi connectivity index (χ0) is 12.4. The largest absolute Gasteiger partial charge is 0.478 e. The minimum Gasteiger partial charge on any atom is -0.478 e. The van der Waals surface area contributed by atoms with Gasteiger partial charge in [0.15, 0.2) is 0 Å². The Kier molecular flexibility index (Phi) is 9.52. The van der Waals surface area contributed by atoms with Crippen molar-refractivity contribution in [3.8, 4) is 0 Å². The Morgan fingerprint density at radius 2 is 1.73 bits per heavy atom. The van der Waals surface area contributed by atoms with Crippen molar-refractivity contribution in [1.29, 1.82) is 0 Å². The van der Waals surface area contributed by atoms with Crippen LogP contribution in [0.4, 0.5) is 0 Å². The first-order valence-corrected chi connectivity index (χ1v) is 4.69. The van der Waals surface area contributed by atoms with Gasteiger partial charge in [0.1, 0.15) is 0 Å². The van der Waals surface area contributed by atoms with Crippen LogP contribution in [-0.4, -0.2) is 17.0 Å². The summed E-state index contributed by atoms with van der Waals surface area (Å²) in [5.74, 6) is -1.31. The van der Waals surface area contributed by atoms with Gasteiger partial charge in [0.25, 0.3) is 0 Å². The molecule has 0 aromatic heterocycles. The lowest BCUT2D eigenvalue weighted by atomic mass is 10.1. The maximum atomic E-state index is 10.1. The first-order valence-electron chi connectivity index (χ1n) is 4.69. The Hall–Kier alpha value is -1.58. The normalized spacial score (nSPS) is 8.40. The van der Waals surface area contributed by atoms with Gasteiger partial charge in [-0.1, -0.05) is 26.5 Å². The fourth-order valence-electron chi connectivity index (χ4n) is 0.497. The summed E-state index contributed by atoms with van der Waals surface area (Å²) in [6.45, 7) is 10.3. The van der Waals surface area contributed by atoms with Crippen molar-refractivity contribution in [3.63, 3.8) is 0 Å². The number of primary amides is 1. The predicted molar refractivity (Wildman–Crippen MR) is 60.3 cm³/mol. The molecule has 0 aromatic carbocycles. The van der Waals surface area contributed by atoms with Gasteiger partial charge in [-0.15, -0.1) is 0 Å². The van der Waals surface area contributed by atoms with Crippen LogP contribution in [0.15, 0.2) is 24.3 Å². The molecule has 0 aliphatic rings. The van der Waals surface area contributed by atoms with E-state index in [0.29, 0.717) is 17.6 Å². The summed E-state index contributed by atoms with van der Waals surface area (Å²) in [6, 6.07) is 0. The third kappa shape index (κ3) is 12.4. The van der Waals surface area contributed by atoms with Gasteiger partial charge < -0.3 is 10.8 Å². The molecular weight excluding hydrogens is 194 g/mol. The van der Waals surface area contributed by atoms with Gasteiger partial charge in [0, 0.05) is 11.1 Å². The molecule has 3 N–H and O–H groups in total. The van der Waals surface area contributed by atoms with Gasteiger partial charge in [0.05, 0.1) is 0 Å². The van der Waals surface area contributed by atoms with E-state index in [2.05, 4.69) is 13.2 Å². The standard InChI is InChI=1S/C7H12O2.C4H7NO/c1-3-4-5-6(2)7(8)9;1-3(2)4(5)6/h2-5H2,1H3,(H,8,9);1H2,2H3,(H2,5,6). The lowest BCUT2D eigenvalue weighted by molar-refractivity contribution is -0.132. The SMILES string of the molecule is C=C(C)C(N)=O.C=C(CCCC)C(=O)O. The Morgan fingerprint density at radius 1 is 1.33 bits per heavy atom. The van der Waals surface area contributed by atoms with Crippen LogP contribution in [0.25, 0.3) is 0 Å². The van der Waals surface area contributed by atoms with E-state index < -0.39 is 11.9 Å². The molecule has 0 aliphatic carbocycles. The van der Waals surface area contributed by atoms with E-state index in [0.717, 1.165) is 12.8 Å². The molecule has 0 radical (unpaired) electrons. The zero-order valence-electron chi connectivity index (χ0n) is 9.38. The highest BCUT2D eigenvalue weighted by atomic mass is 16.4. The predicted octanol–water partition coefficient (Wildman–Crippen LogP) is 1.87. The zero-order valence-corrected chi connectivity index (χ0v) is 9.38. The number of carboxylic acids is 1. The van der Waals surface area contributed by atoms with E-state index in [4.69, 9.17) is 10.8 Å². The smallest absolute Gasteiger partial charge is 0.330 e. The summed E-state index contributed by atoms with van der Waals surface area (Å²) >= 11 is 0. The fourth-order valence-corrected chi connectivity index (χ4v) is 0.497. The minimum absolute atomic E-state index is 0.317. The van der Waals surface area contributed by atoms with E-state index in [1.54, 1.807) is 6.92 Å². The monoisotopic (exact) mass is 213 g/mol. The summed E-state index contributed by atoms with van der Waals surface area (Å²) in [6.07, 6.45) is 2.56. The number of hydrogen-bond acceptors (Lipinski definition) is 2. The molecule has 0 heterocycles. The molecule has 4 heteroatoms. The number of nitrogens with two attached hydrogens (primary N) is 1. The average Bonchev–Trinajstić information content (AvgIpc) is 2.14. The van der Waals surface area contributed by atoms with E-state index in [1.807, 2.05) is 6.92 Å². The van der Waals surface area contributed by atoms with Crippen molar-refractivity contribution in [2.45, 2.75) is 33.1 Å². The Labute approximate surface area is 90.5 Å². The molecule has 0 saturated carbocycles. The number of carbonyl (C=O) groups excluding carboxylic acids is 1. The van der Waals surface area contributed by atoms with Crippen LogP contribution in [0.1, 0.15) is 33.1 Å². The first kappa shape index (κ1) is 15.9. The van der Waals surface area contributed by atoms with Crippen LogP contribution in [0, 0.1) is 0 Å². The third-order valence-corrected chi connectivity index (χ3v) is 1.56. The number of carboxylic acid groups (broad SMARTS) is 1. The minimum atomic E-state index is -0.872. The van der Waals surface area contributed by atoms with Crippen LogP contribution in [0.5, 0.6) is 0 Å². The quantitative estimate of drug-likeness (QED) is 0.684.